The highest BCUT2D eigenvalue weighted by Crippen LogP contribution is 2.26. The molecule has 4 heteroatoms. The van der Waals surface area contributed by atoms with Gasteiger partial charge in [0.05, 0.1) is 11.6 Å². The highest BCUT2D eigenvalue weighted by molar-refractivity contribution is 7.99. The lowest BCUT2D eigenvalue weighted by atomic mass is 10.2. The summed E-state index contributed by atoms with van der Waals surface area (Å²) in [5, 5.41) is 2.50. The molecule has 19 heavy (non-hydrogen) atoms. The number of aromatic nitrogens is 1. The SMILES string of the molecule is CCOC(=O)CCCSc1cc2ccccc2n1C. The van der Waals surface area contributed by atoms with Gasteiger partial charge < -0.3 is 9.30 Å². The van der Waals surface area contributed by atoms with Crippen LogP contribution in [0.15, 0.2) is 35.4 Å². The molecule has 0 aliphatic rings. The molecule has 0 spiro atoms. The summed E-state index contributed by atoms with van der Waals surface area (Å²) in [5.74, 6) is 0.836. The average Bonchev–Trinajstić information content (AvgIpc) is 2.73. The average molecular weight is 277 g/mol. The van der Waals surface area contributed by atoms with E-state index in [1.165, 1.54) is 15.9 Å². The molecule has 0 saturated heterocycles. The summed E-state index contributed by atoms with van der Waals surface area (Å²) >= 11 is 1.79. The minimum Gasteiger partial charge on any atom is -0.466 e. The maximum atomic E-state index is 11.2. The molecule has 3 nitrogen and oxygen atoms in total. The van der Waals surface area contributed by atoms with E-state index in [9.17, 15) is 4.79 Å². The fraction of sp³-hybridized carbons (Fsp3) is 0.400. The number of carbonyl (C=O) groups is 1. The van der Waals surface area contributed by atoms with Crippen LogP contribution in [0.4, 0.5) is 0 Å². The van der Waals surface area contributed by atoms with Crippen LogP contribution in [-0.2, 0) is 16.6 Å². The summed E-state index contributed by atoms with van der Waals surface area (Å²) in [6.45, 7) is 2.30. The Labute approximate surface area is 117 Å². The van der Waals surface area contributed by atoms with E-state index in [1.54, 1.807) is 11.8 Å². The highest BCUT2D eigenvalue weighted by atomic mass is 32.2. The van der Waals surface area contributed by atoms with Crippen LogP contribution in [0.5, 0.6) is 0 Å². The van der Waals surface area contributed by atoms with E-state index >= 15 is 0 Å². The highest BCUT2D eigenvalue weighted by Gasteiger charge is 2.06. The standard InChI is InChI=1S/C15H19NO2S/c1-3-18-15(17)9-6-10-19-14-11-12-7-4-5-8-13(12)16(14)2/h4-5,7-8,11H,3,6,9-10H2,1-2H3. The molecule has 0 fully saturated rings. The van der Waals surface area contributed by atoms with Crippen molar-refractivity contribution in [1.29, 1.82) is 0 Å². The van der Waals surface area contributed by atoms with Crippen molar-refractivity contribution in [3.63, 3.8) is 0 Å². The van der Waals surface area contributed by atoms with E-state index in [0.717, 1.165) is 12.2 Å². The molecule has 0 aliphatic carbocycles. The maximum absolute atomic E-state index is 11.2. The second-order valence-electron chi connectivity index (χ2n) is 4.36. The number of thioether (sulfide) groups is 1. The Morgan fingerprint density at radius 3 is 2.89 bits per heavy atom. The van der Waals surface area contributed by atoms with Crippen molar-refractivity contribution in [3.05, 3.63) is 30.3 Å². The number of hydrogen-bond donors (Lipinski definition) is 0. The molecule has 0 N–H and O–H groups in total. The van der Waals surface area contributed by atoms with Gasteiger partial charge in [-0.15, -0.1) is 11.8 Å². The van der Waals surface area contributed by atoms with Crippen LogP contribution in [0.2, 0.25) is 0 Å². The van der Waals surface area contributed by atoms with Crippen LogP contribution >= 0.6 is 11.8 Å². The Bertz CT molecular complexity index is 562. The lowest BCUT2D eigenvalue weighted by molar-refractivity contribution is -0.143. The first-order valence-electron chi connectivity index (χ1n) is 6.55. The Hall–Kier alpha value is -1.42. The van der Waals surface area contributed by atoms with Gasteiger partial charge in [-0.3, -0.25) is 4.79 Å². The Balaban J connectivity index is 1.88. The normalized spacial score (nSPS) is 10.8. The molecule has 1 heterocycles. The zero-order valence-electron chi connectivity index (χ0n) is 11.4. The molecule has 2 rings (SSSR count). The predicted octanol–water partition coefficient (Wildman–Crippen LogP) is 3.61. The van der Waals surface area contributed by atoms with Crippen molar-refractivity contribution in [2.45, 2.75) is 24.8 Å². The molecule has 0 amide bonds. The first-order valence-corrected chi connectivity index (χ1v) is 7.54. The van der Waals surface area contributed by atoms with Crippen molar-refractivity contribution < 1.29 is 9.53 Å². The quantitative estimate of drug-likeness (QED) is 0.459. The van der Waals surface area contributed by atoms with Crippen molar-refractivity contribution in [2.75, 3.05) is 12.4 Å². The number of fused-ring (bicyclic) bond motifs is 1. The zero-order chi connectivity index (χ0) is 13.7. The molecule has 102 valence electrons. The van der Waals surface area contributed by atoms with Crippen molar-refractivity contribution >= 4 is 28.6 Å². The summed E-state index contributed by atoms with van der Waals surface area (Å²) in [7, 11) is 2.08. The third kappa shape index (κ3) is 3.53. The van der Waals surface area contributed by atoms with Gasteiger partial charge in [-0.2, -0.15) is 0 Å². The van der Waals surface area contributed by atoms with Crippen LogP contribution in [0.3, 0.4) is 0 Å². The van der Waals surface area contributed by atoms with Gasteiger partial charge in [0.25, 0.3) is 0 Å². The van der Waals surface area contributed by atoms with Crippen LogP contribution in [0, 0.1) is 0 Å². The van der Waals surface area contributed by atoms with Gasteiger partial charge in [0, 0.05) is 24.4 Å². The van der Waals surface area contributed by atoms with E-state index in [0.29, 0.717) is 13.0 Å². The Kier molecular flexibility index (Phi) is 4.91. The van der Waals surface area contributed by atoms with Gasteiger partial charge in [0.15, 0.2) is 0 Å². The van der Waals surface area contributed by atoms with Crippen molar-refractivity contribution in [3.8, 4) is 0 Å². The third-order valence-electron chi connectivity index (χ3n) is 2.99. The van der Waals surface area contributed by atoms with E-state index in [1.807, 2.05) is 6.92 Å². The Morgan fingerprint density at radius 2 is 2.16 bits per heavy atom. The summed E-state index contributed by atoms with van der Waals surface area (Å²) in [6.07, 6.45) is 1.36. The van der Waals surface area contributed by atoms with E-state index in [-0.39, 0.29) is 5.97 Å². The lowest BCUT2D eigenvalue weighted by Crippen LogP contribution is -2.03. The molecule has 2 aromatic rings. The second kappa shape index (κ2) is 6.66. The number of nitrogens with zero attached hydrogens (tertiary/aromatic N) is 1. The van der Waals surface area contributed by atoms with Crippen molar-refractivity contribution in [2.24, 2.45) is 7.05 Å². The predicted molar refractivity (Wildman–Crippen MR) is 79.5 cm³/mol. The van der Waals surface area contributed by atoms with Crippen LogP contribution in [-0.4, -0.2) is 22.9 Å². The number of aryl methyl sites for hydroxylation is 1. The van der Waals surface area contributed by atoms with Gasteiger partial charge in [-0.1, -0.05) is 18.2 Å². The molecule has 0 aliphatic heterocycles. The first kappa shape index (κ1) is 14.0. The number of para-hydroxylation sites is 1. The second-order valence-corrected chi connectivity index (χ2v) is 5.47. The topological polar surface area (TPSA) is 31.2 Å². The van der Waals surface area contributed by atoms with E-state index in [4.69, 9.17) is 4.74 Å². The summed E-state index contributed by atoms with van der Waals surface area (Å²) in [4.78, 5) is 11.2. The molecule has 0 atom stereocenters. The first-order chi connectivity index (χ1) is 9.22. The number of carbonyl (C=O) groups excluding carboxylic acids is 1. The number of esters is 1. The summed E-state index contributed by atoms with van der Waals surface area (Å²) < 4.78 is 7.11. The number of ether oxygens (including phenoxy) is 1. The number of hydrogen-bond acceptors (Lipinski definition) is 3. The Morgan fingerprint density at radius 1 is 1.37 bits per heavy atom. The van der Waals surface area contributed by atoms with Gasteiger partial charge in [0.1, 0.15) is 0 Å². The summed E-state index contributed by atoms with van der Waals surface area (Å²) in [5.41, 5.74) is 1.25. The molecule has 0 bridgehead atoms. The van der Waals surface area contributed by atoms with Gasteiger partial charge in [-0.25, -0.2) is 0 Å². The zero-order valence-corrected chi connectivity index (χ0v) is 12.2. The van der Waals surface area contributed by atoms with Gasteiger partial charge >= 0.3 is 5.97 Å². The van der Waals surface area contributed by atoms with E-state index in [2.05, 4.69) is 41.9 Å². The molecule has 0 unspecified atom stereocenters. The molecular weight excluding hydrogens is 258 g/mol. The minimum absolute atomic E-state index is 0.0971. The molecule has 0 saturated carbocycles. The third-order valence-corrected chi connectivity index (χ3v) is 4.17. The minimum atomic E-state index is -0.0971. The molecule has 1 aromatic heterocycles. The lowest BCUT2D eigenvalue weighted by Gasteiger charge is -2.04. The maximum Gasteiger partial charge on any atom is 0.305 e. The number of benzene rings is 1. The largest absolute Gasteiger partial charge is 0.466 e. The van der Waals surface area contributed by atoms with Gasteiger partial charge in [-0.05, 0) is 31.2 Å². The molecular formula is C15H19NO2S. The fourth-order valence-electron chi connectivity index (χ4n) is 2.03. The smallest absolute Gasteiger partial charge is 0.305 e. The summed E-state index contributed by atoms with van der Waals surface area (Å²) in [6, 6.07) is 10.6. The van der Waals surface area contributed by atoms with Gasteiger partial charge in [0.2, 0.25) is 0 Å². The molecule has 1 aromatic carbocycles. The number of rotatable bonds is 6. The fourth-order valence-corrected chi connectivity index (χ4v) is 3.03. The van der Waals surface area contributed by atoms with Crippen molar-refractivity contribution in [1.82, 2.24) is 4.57 Å². The monoisotopic (exact) mass is 277 g/mol. The van der Waals surface area contributed by atoms with Crippen LogP contribution in [0.1, 0.15) is 19.8 Å². The molecule has 0 radical (unpaired) electrons. The van der Waals surface area contributed by atoms with Crippen LogP contribution < -0.4 is 0 Å². The van der Waals surface area contributed by atoms with Crippen LogP contribution in [0.25, 0.3) is 10.9 Å². The van der Waals surface area contributed by atoms with E-state index < -0.39 is 0 Å².